The van der Waals surface area contributed by atoms with E-state index < -0.39 is 0 Å². The predicted octanol–water partition coefficient (Wildman–Crippen LogP) is 5.86. The molecular weight excluding hydrogens is 444 g/mol. The van der Waals surface area contributed by atoms with Crippen molar-refractivity contribution in [2.24, 2.45) is 0 Å². The molecule has 1 aliphatic heterocycles. The van der Waals surface area contributed by atoms with Crippen molar-refractivity contribution >= 4 is 17.4 Å². The number of hydrogen-bond acceptors (Lipinski definition) is 6. The maximum Gasteiger partial charge on any atom is 0.203 e. The zero-order valence-electron chi connectivity index (χ0n) is 20.5. The van der Waals surface area contributed by atoms with Crippen LogP contribution in [0.1, 0.15) is 18.4 Å². The highest BCUT2D eigenvalue weighted by atomic mass is 32.2. The Bertz CT molecular complexity index is 1060. The van der Waals surface area contributed by atoms with Gasteiger partial charge in [0.2, 0.25) is 5.75 Å². The van der Waals surface area contributed by atoms with Gasteiger partial charge in [0.15, 0.2) is 11.5 Å². The highest BCUT2D eigenvalue weighted by Crippen LogP contribution is 2.41. The summed E-state index contributed by atoms with van der Waals surface area (Å²) in [5.74, 6) is 1.93. The van der Waals surface area contributed by atoms with Crippen LogP contribution in [0.15, 0.2) is 65.6 Å². The second-order valence-electron chi connectivity index (χ2n) is 8.42. The van der Waals surface area contributed by atoms with Crippen LogP contribution in [0.3, 0.4) is 0 Å². The summed E-state index contributed by atoms with van der Waals surface area (Å²) in [6.45, 7) is 2.99. The Kier molecular flexibility index (Phi) is 8.25. The Morgan fingerprint density at radius 1 is 0.853 bits per heavy atom. The van der Waals surface area contributed by atoms with Crippen LogP contribution >= 0.6 is 11.8 Å². The molecule has 0 amide bonds. The number of nitrogens with zero attached hydrogens (tertiary/aromatic N) is 1. The predicted molar refractivity (Wildman–Crippen MR) is 142 cm³/mol. The minimum Gasteiger partial charge on any atom is -0.493 e. The molecule has 1 N–H and O–H groups in total. The van der Waals surface area contributed by atoms with Crippen LogP contribution in [0.5, 0.6) is 17.2 Å². The molecule has 1 aliphatic rings. The number of nitrogens with one attached hydrogen (secondary N) is 1. The lowest BCUT2D eigenvalue weighted by atomic mass is 9.99. The molecule has 6 heteroatoms. The molecule has 0 aromatic heterocycles. The van der Waals surface area contributed by atoms with Crippen molar-refractivity contribution in [2.45, 2.75) is 30.3 Å². The van der Waals surface area contributed by atoms with Crippen LogP contribution in [-0.2, 0) is 6.54 Å². The van der Waals surface area contributed by atoms with Gasteiger partial charge >= 0.3 is 0 Å². The van der Waals surface area contributed by atoms with E-state index in [1.54, 1.807) is 33.1 Å². The second-order valence-corrected chi connectivity index (χ2v) is 9.30. The van der Waals surface area contributed by atoms with Crippen molar-refractivity contribution in [3.63, 3.8) is 0 Å². The van der Waals surface area contributed by atoms with Crippen molar-refractivity contribution in [3.05, 3.63) is 66.2 Å². The molecule has 3 aromatic rings. The van der Waals surface area contributed by atoms with Crippen LogP contribution in [0.2, 0.25) is 0 Å². The molecule has 5 nitrogen and oxygen atoms in total. The molecule has 1 heterocycles. The molecule has 180 valence electrons. The number of ether oxygens (including phenoxy) is 3. The van der Waals surface area contributed by atoms with Gasteiger partial charge in [-0.05, 0) is 91.3 Å². The summed E-state index contributed by atoms with van der Waals surface area (Å²) in [5, 5.41) is 3.50. The van der Waals surface area contributed by atoms with Gasteiger partial charge in [0.25, 0.3) is 0 Å². The fourth-order valence-electron chi connectivity index (χ4n) is 4.62. The molecule has 34 heavy (non-hydrogen) atoms. The number of methoxy groups -OCH3 is 3. The molecule has 3 aromatic carbocycles. The topological polar surface area (TPSA) is 43.0 Å². The molecule has 0 radical (unpaired) electrons. The van der Waals surface area contributed by atoms with Crippen LogP contribution in [0, 0.1) is 0 Å². The molecule has 0 spiro atoms. The molecule has 1 fully saturated rings. The van der Waals surface area contributed by atoms with E-state index in [2.05, 4.69) is 65.0 Å². The average molecular weight is 479 g/mol. The lowest BCUT2D eigenvalue weighted by Crippen LogP contribution is -2.43. The third-order valence-electron chi connectivity index (χ3n) is 6.43. The minimum absolute atomic E-state index is 0.520. The lowest BCUT2D eigenvalue weighted by Gasteiger charge is -2.36. The number of rotatable bonds is 9. The normalized spacial score (nSPS) is 14.0. The summed E-state index contributed by atoms with van der Waals surface area (Å²) in [4.78, 5) is 3.86. The maximum absolute atomic E-state index is 5.57. The van der Waals surface area contributed by atoms with Gasteiger partial charge in [-0.2, -0.15) is 0 Å². The smallest absolute Gasteiger partial charge is 0.203 e. The zero-order valence-corrected chi connectivity index (χ0v) is 21.3. The SMILES string of the molecule is COc1cc(-c2cccc(CN(c3ccc(SC)cc3)C3CCNCC3)c2)cc(OC)c1OC. The van der Waals surface area contributed by atoms with Gasteiger partial charge in [0.1, 0.15) is 0 Å². The highest BCUT2D eigenvalue weighted by molar-refractivity contribution is 7.98. The van der Waals surface area contributed by atoms with Crippen LogP contribution < -0.4 is 24.4 Å². The molecular formula is C28H34N2O3S. The third-order valence-corrected chi connectivity index (χ3v) is 7.18. The van der Waals surface area contributed by atoms with Crippen molar-refractivity contribution in [1.82, 2.24) is 5.32 Å². The Morgan fingerprint density at radius 2 is 1.53 bits per heavy atom. The summed E-state index contributed by atoms with van der Waals surface area (Å²) in [6, 6.07) is 22.2. The monoisotopic (exact) mass is 478 g/mol. The molecule has 4 rings (SSSR count). The quantitative estimate of drug-likeness (QED) is 0.389. The highest BCUT2D eigenvalue weighted by Gasteiger charge is 2.22. The van der Waals surface area contributed by atoms with E-state index in [-0.39, 0.29) is 0 Å². The number of anilines is 1. The molecule has 0 bridgehead atoms. The fourth-order valence-corrected chi connectivity index (χ4v) is 5.03. The Balaban J connectivity index is 1.66. The maximum atomic E-state index is 5.57. The van der Waals surface area contributed by atoms with Gasteiger partial charge in [-0.15, -0.1) is 11.8 Å². The van der Waals surface area contributed by atoms with E-state index in [0.717, 1.165) is 43.6 Å². The van der Waals surface area contributed by atoms with Crippen molar-refractivity contribution in [2.75, 3.05) is 45.6 Å². The summed E-state index contributed by atoms with van der Waals surface area (Å²) < 4.78 is 16.6. The van der Waals surface area contributed by atoms with Gasteiger partial charge < -0.3 is 24.4 Å². The van der Waals surface area contributed by atoms with E-state index in [4.69, 9.17) is 14.2 Å². The Morgan fingerprint density at radius 3 is 2.12 bits per heavy atom. The van der Waals surface area contributed by atoms with Crippen molar-refractivity contribution in [3.8, 4) is 28.4 Å². The van der Waals surface area contributed by atoms with Crippen molar-refractivity contribution < 1.29 is 14.2 Å². The van der Waals surface area contributed by atoms with E-state index in [1.807, 2.05) is 12.1 Å². The van der Waals surface area contributed by atoms with Crippen LogP contribution in [0.25, 0.3) is 11.1 Å². The number of benzene rings is 3. The van der Waals surface area contributed by atoms with E-state index in [0.29, 0.717) is 23.3 Å². The second kappa shape index (κ2) is 11.5. The summed E-state index contributed by atoms with van der Waals surface area (Å²) >= 11 is 1.78. The van der Waals surface area contributed by atoms with Gasteiger partial charge in [0.05, 0.1) is 21.3 Å². The van der Waals surface area contributed by atoms with Crippen molar-refractivity contribution in [1.29, 1.82) is 0 Å². The Hall–Kier alpha value is -2.83. The standard InChI is InChI=1S/C28H34N2O3S/c1-31-26-17-22(18-27(32-2)28(26)33-3)21-7-5-6-20(16-21)19-30(24-12-14-29-15-13-24)23-8-10-25(34-4)11-9-23/h5-11,16-18,24,29H,12-15,19H2,1-4H3. The molecule has 0 atom stereocenters. The largest absolute Gasteiger partial charge is 0.493 e. The summed E-state index contributed by atoms with van der Waals surface area (Å²) in [5.41, 5.74) is 4.72. The number of hydrogen-bond donors (Lipinski definition) is 1. The first-order valence-corrected chi connectivity index (χ1v) is 12.9. The summed E-state index contributed by atoms with van der Waals surface area (Å²) in [6.07, 6.45) is 4.42. The lowest BCUT2D eigenvalue weighted by molar-refractivity contribution is 0.324. The molecule has 0 saturated carbocycles. The van der Waals surface area contributed by atoms with Gasteiger partial charge in [0, 0.05) is 23.2 Å². The number of piperidine rings is 1. The first kappa shape index (κ1) is 24.3. The van der Waals surface area contributed by atoms with Crippen LogP contribution in [-0.4, -0.2) is 46.7 Å². The van der Waals surface area contributed by atoms with Gasteiger partial charge in [-0.1, -0.05) is 18.2 Å². The summed E-state index contributed by atoms with van der Waals surface area (Å²) in [7, 11) is 4.93. The minimum atomic E-state index is 0.520. The Labute approximate surface area is 207 Å². The molecule has 0 aliphatic carbocycles. The average Bonchev–Trinajstić information content (AvgIpc) is 2.91. The van der Waals surface area contributed by atoms with E-state index in [1.165, 1.54) is 16.1 Å². The molecule has 0 unspecified atom stereocenters. The van der Waals surface area contributed by atoms with Crippen LogP contribution in [0.4, 0.5) is 5.69 Å². The first-order valence-electron chi connectivity index (χ1n) is 11.7. The molecule has 1 saturated heterocycles. The van der Waals surface area contributed by atoms with Gasteiger partial charge in [-0.25, -0.2) is 0 Å². The van der Waals surface area contributed by atoms with E-state index >= 15 is 0 Å². The zero-order chi connectivity index (χ0) is 23.9. The number of thioether (sulfide) groups is 1. The third kappa shape index (κ3) is 5.45. The van der Waals surface area contributed by atoms with Gasteiger partial charge in [-0.3, -0.25) is 0 Å². The first-order chi connectivity index (χ1) is 16.7. The van der Waals surface area contributed by atoms with E-state index in [9.17, 15) is 0 Å². The fraction of sp³-hybridized carbons (Fsp3) is 0.357.